The van der Waals surface area contributed by atoms with Crippen molar-refractivity contribution in [2.45, 2.75) is 59.3 Å². The summed E-state index contributed by atoms with van der Waals surface area (Å²) in [6, 6.07) is 8.54. The van der Waals surface area contributed by atoms with Crippen LogP contribution in [0.15, 0.2) is 30.5 Å². The van der Waals surface area contributed by atoms with E-state index >= 15 is 0 Å². The summed E-state index contributed by atoms with van der Waals surface area (Å²) < 4.78 is 12.9. The minimum Gasteiger partial charge on any atom is -0.493 e. The third-order valence-electron chi connectivity index (χ3n) is 6.99. The van der Waals surface area contributed by atoms with Gasteiger partial charge in [-0.05, 0) is 81.5 Å². The van der Waals surface area contributed by atoms with E-state index in [1.807, 2.05) is 38.3 Å². The van der Waals surface area contributed by atoms with E-state index in [1.54, 1.807) is 0 Å². The van der Waals surface area contributed by atoms with E-state index in [-0.39, 0.29) is 5.97 Å². The highest BCUT2D eigenvalue weighted by Gasteiger charge is 2.29. The Morgan fingerprint density at radius 2 is 2.06 bits per heavy atom. The lowest BCUT2D eigenvalue weighted by molar-refractivity contribution is -0.152. The summed E-state index contributed by atoms with van der Waals surface area (Å²) >= 11 is 1.82. The number of pyridine rings is 1. The molecule has 35 heavy (non-hydrogen) atoms. The molecule has 6 heteroatoms. The van der Waals surface area contributed by atoms with Crippen LogP contribution in [0.3, 0.4) is 0 Å². The SMILES string of the molecule is Cc1cc2nc(C3CC3)sc2c(-c2ccc3c4c(ccnc24)CCO3)c1CCOC(=O)C(C)(C)C. The Labute approximate surface area is 209 Å². The molecule has 180 valence electrons. The van der Waals surface area contributed by atoms with Gasteiger partial charge in [0, 0.05) is 41.5 Å². The maximum atomic E-state index is 12.4. The Kier molecular flexibility index (Phi) is 5.33. The predicted octanol–water partition coefficient (Wildman–Crippen LogP) is 6.76. The molecule has 2 aromatic heterocycles. The minimum absolute atomic E-state index is 0.174. The molecule has 2 aromatic carbocycles. The number of nitrogens with zero attached hydrogens (tertiary/aromatic N) is 2. The number of fused-ring (bicyclic) bond motifs is 1. The molecular formula is C29H30N2O3S. The number of carbonyl (C=O) groups is 1. The lowest BCUT2D eigenvalue weighted by Gasteiger charge is -2.21. The Balaban J connectivity index is 1.53. The first-order chi connectivity index (χ1) is 16.8. The average molecular weight is 487 g/mol. The van der Waals surface area contributed by atoms with Gasteiger partial charge in [0.05, 0.1) is 39.4 Å². The number of ether oxygens (including phenoxy) is 2. The molecule has 1 saturated carbocycles. The van der Waals surface area contributed by atoms with Crippen LogP contribution in [-0.2, 0) is 22.4 Å². The quantitative estimate of drug-likeness (QED) is 0.292. The summed E-state index contributed by atoms with van der Waals surface area (Å²) in [7, 11) is 0. The molecule has 0 atom stereocenters. The van der Waals surface area contributed by atoms with Crippen molar-refractivity contribution in [1.29, 1.82) is 0 Å². The zero-order valence-corrected chi connectivity index (χ0v) is 21.6. The van der Waals surface area contributed by atoms with E-state index in [0.29, 0.717) is 25.6 Å². The van der Waals surface area contributed by atoms with Crippen molar-refractivity contribution < 1.29 is 14.3 Å². The van der Waals surface area contributed by atoms with Gasteiger partial charge < -0.3 is 9.47 Å². The smallest absolute Gasteiger partial charge is 0.311 e. The van der Waals surface area contributed by atoms with Crippen molar-refractivity contribution in [1.82, 2.24) is 9.97 Å². The number of aromatic nitrogens is 2. The summed E-state index contributed by atoms with van der Waals surface area (Å²) in [4.78, 5) is 22.3. The first kappa shape index (κ1) is 22.5. The molecule has 2 aliphatic rings. The first-order valence-corrected chi connectivity index (χ1v) is 13.3. The fourth-order valence-electron chi connectivity index (χ4n) is 4.93. The first-order valence-electron chi connectivity index (χ1n) is 12.4. The van der Waals surface area contributed by atoms with Gasteiger partial charge in [-0.1, -0.05) is 0 Å². The zero-order chi connectivity index (χ0) is 24.3. The molecule has 0 amide bonds. The van der Waals surface area contributed by atoms with E-state index in [1.165, 1.54) is 44.8 Å². The highest BCUT2D eigenvalue weighted by Crippen LogP contribution is 2.48. The summed E-state index contributed by atoms with van der Waals surface area (Å²) in [6.07, 6.45) is 5.90. The van der Waals surface area contributed by atoms with Gasteiger partial charge in [0.1, 0.15) is 5.75 Å². The van der Waals surface area contributed by atoms with Crippen molar-refractivity contribution in [2.75, 3.05) is 13.2 Å². The topological polar surface area (TPSA) is 61.3 Å². The van der Waals surface area contributed by atoms with Gasteiger partial charge in [0.2, 0.25) is 0 Å². The molecule has 3 heterocycles. The number of benzene rings is 2. The largest absolute Gasteiger partial charge is 0.493 e. The molecule has 0 spiro atoms. The second-order valence-corrected chi connectivity index (χ2v) is 11.8. The van der Waals surface area contributed by atoms with Crippen molar-refractivity contribution in [3.8, 4) is 16.9 Å². The second kappa shape index (κ2) is 8.30. The number of carbonyl (C=O) groups excluding carboxylic acids is 1. The van der Waals surface area contributed by atoms with Crippen LogP contribution >= 0.6 is 11.3 Å². The summed E-state index contributed by atoms with van der Waals surface area (Å²) in [5, 5.41) is 2.35. The monoisotopic (exact) mass is 486 g/mol. The van der Waals surface area contributed by atoms with Gasteiger partial charge in [-0.2, -0.15) is 0 Å². The predicted molar refractivity (Wildman–Crippen MR) is 140 cm³/mol. The maximum absolute atomic E-state index is 12.4. The van der Waals surface area contributed by atoms with Gasteiger partial charge in [0.25, 0.3) is 0 Å². The zero-order valence-electron chi connectivity index (χ0n) is 20.7. The van der Waals surface area contributed by atoms with Crippen LogP contribution in [0.4, 0.5) is 0 Å². The van der Waals surface area contributed by atoms with Crippen molar-refractivity contribution in [3.05, 3.63) is 52.2 Å². The molecule has 0 unspecified atom stereocenters. The molecule has 1 fully saturated rings. The fraction of sp³-hybridized carbons (Fsp3) is 0.414. The van der Waals surface area contributed by atoms with Gasteiger partial charge in [0.15, 0.2) is 0 Å². The Morgan fingerprint density at radius 3 is 2.83 bits per heavy atom. The molecule has 5 nitrogen and oxygen atoms in total. The summed E-state index contributed by atoms with van der Waals surface area (Å²) in [5.41, 5.74) is 7.45. The second-order valence-electron chi connectivity index (χ2n) is 10.8. The maximum Gasteiger partial charge on any atom is 0.311 e. The average Bonchev–Trinajstić information content (AvgIpc) is 3.59. The molecule has 6 rings (SSSR count). The fourth-order valence-corrected chi connectivity index (χ4v) is 6.23. The van der Waals surface area contributed by atoms with Crippen LogP contribution in [0.2, 0.25) is 0 Å². The number of esters is 1. The number of thiazole rings is 1. The van der Waals surface area contributed by atoms with E-state index in [0.717, 1.165) is 34.2 Å². The van der Waals surface area contributed by atoms with Crippen LogP contribution in [0.25, 0.3) is 32.2 Å². The van der Waals surface area contributed by atoms with Crippen molar-refractivity contribution >= 4 is 38.4 Å². The third kappa shape index (κ3) is 3.98. The minimum atomic E-state index is -0.515. The van der Waals surface area contributed by atoms with Gasteiger partial charge in [-0.15, -0.1) is 11.3 Å². The standard InChI is InChI=1S/C29H30N2O3S/c1-16-15-21-26(35-27(31-21)18-5-6-18)24(19(16)11-14-34-28(32)29(2,3)4)20-7-8-22-23-17(10-13-33-22)9-12-30-25(20)23/h7-9,12,15,18H,5-6,10-11,13-14H2,1-4H3. The van der Waals surface area contributed by atoms with E-state index in [4.69, 9.17) is 19.4 Å². The molecule has 0 bridgehead atoms. The van der Waals surface area contributed by atoms with Crippen LogP contribution in [-0.4, -0.2) is 29.2 Å². The third-order valence-corrected chi connectivity index (χ3v) is 8.24. The van der Waals surface area contributed by atoms with Crippen LogP contribution in [0, 0.1) is 12.3 Å². The normalized spacial score (nSPS) is 15.4. The van der Waals surface area contributed by atoms with Gasteiger partial charge >= 0.3 is 5.97 Å². The summed E-state index contributed by atoms with van der Waals surface area (Å²) in [5.74, 6) is 1.33. The van der Waals surface area contributed by atoms with Crippen LogP contribution < -0.4 is 4.74 Å². The highest BCUT2D eigenvalue weighted by molar-refractivity contribution is 7.19. The van der Waals surface area contributed by atoms with Crippen molar-refractivity contribution in [3.63, 3.8) is 0 Å². The van der Waals surface area contributed by atoms with E-state index < -0.39 is 5.41 Å². The van der Waals surface area contributed by atoms with Gasteiger partial charge in [-0.3, -0.25) is 9.78 Å². The molecule has 1 aliphatic heterocycles. The van der Waals surface area contributed by atoms with Crippen LogP contribution in [0.5, 0.6) is 5.75 Å². The lowest BCUT2D eigenvalue weighted by atomic mass is 9.90. The molecule has 4 aromatic rings. The highest BCUT2D eigenvalue weighted by atomic mass is 32.1. The molecule has 0 saturated heterocycles. The molecule has 0 N–H and O–H groups in total. The Morgan fingerprint density at radius 1 is 1.23 bits per heavy atom. The van der Waals surface area contributed by atoms with E-state index in [2.05, 4.69) is 31.2 Å². The molecular weight excluding hydrogens is 456 g/mol. The Bertz CT molecular complexity index is 1470. The number of hydrogen-bond acceptors (Lipinski definition) is 6. The number of rotatable bonds is 5. The number of hydrogen-bond donors (Lipinski definition) is 0. The lowest BCUT2D eigenvalue weighted by Crippen LogP contribution is -2.24. The Hall–Kier alpha value is -2.99. The van der Waals surface area contributed by atoms with Crippen LogP contribution in [0.1, 0.15) is 61.2 Å². The van der Waals surface area contributed by atoms with Gasteiger partial charge in [-0.25, -0.2) is 4.98 Å². The number of aryl methyl sites for hydroxylation is 1. The summed E-state index contributed by atoms with van der Waals surface area (Å²) in [6.45, 7) is 8.85. The molecule has 1 aliphatic carbocycles. The molecule has 0 radical (unpaired) electrons. The van der Waals surface area contributed by atoms with E-state index in [9.17, 15) is 4.79 Å². The van der Waals surface area contributed by atoms with Crippen molar-refractivity contribution in [2.24, 2.45) is 5.41 Å².